The van der Waals surface area contributed by atoms with E-state index < -0.39 is 0 Å². The van der Waals surface area contributed by atoms with Crippen molar-refractivity contribution in [2.45, 2.75) is 6.54 Å². The molecule has 1 heterocycles. The number of fused-ring (bicyclic) bond motifs is 1. The summed E-state index contributed by atoms with van der Waals surface area (Å²) in [6.07, 6.45) is 0. The third kappa shape index (κ3) is 4.27. The smallest absolute Gasteiger partial charge is 0.256 e. The molecule has 4 aromatic rings. The molecule has 0 aliphatic heterocycles. The fourth-order valence-corrected chi connectivity index (χ4v) is 4.57. The van der Waals surface area contributed by atoms with Gasteiger partial charge >= 0.3 is 0 Å². The molecule has 0 aliphatic carbocycles. The predicted octanol–water partition coefficient (Wildman–Crippen LogP) is 5.58. The molecule has 0 saturated heterocycles. The Hall–Kier alpha value is -3.03. The van der Waals surface area contributed by atoms with E-state index in [9.17, 15) is 9.59 Å². The van der Waals surface area contributed by atoms with E-state index >= 15 is 0 Å². The van der Waals surface area contributed by atoms with Crippen LogP contribution in [0.4, 0.5) is 5.69 Å². The number of carbonyl (C=O) groups is 2. The van der Waals surface area contributed by atoms with E-state index in [4.69, 9.17) is 0 Å². The Bertz CT molecular complexity index is 1200. The van der Waals surface area contributed by atoms with E-state index in [0.29, 0.717) is 27.8 Å². The zero-order valence-electron chi connectivity index (χ0n) is 16.1. The van der Waals surface area contributed by atoms with E-state index in [2.05, 4.69) is 26.2 Å². The van der Waals surface area contributed by atoms with Gasteiger partial charge in [-0.05, 0) is 52.3 Å². The lowest BCUT2D eigenvalue weighted by Gasteiger charge is -2.18. The molecule has 3 aromatic carbocycles. The topological polar surface area (TPSA) is 62.3 Å². The number of benzene rings is 3. The minimum atomic E-state index is -0.281. The molecule has 0 unspecified atom stereocenters. The first-order valence-corrected chi connectivity index (χ1v) is 10.9. The number of rotatable bonds is 5. The van der Waals surface area contributed by atoms with Crippen molar-refractivity contribution in [1.29, 1.82) is 0 Å². The molecule has 1 N–H and O–H groups in total. The average Bonchev–Trinajstić information content (AvgIpc) is 3.16. The highest BCUT2D eigenvalue weighted by Crippen LogP contribution is 2.24. The van der Waals surface area contributed by atoms with Crippen molar-refractivity contribution in [2.75, 3.05) is 12.4 Å². The lowest BCUT2D eigenvalue weighted by Crippen LogP contribution is -2.27. The fourth-order valence-electron chi connectivity index (χ4n) is 3.08. The van der Waals surface area contributed by atoms with E-state index in [1.54, 1.807) is 65.7 Å². The summed E-state index contributed by atoms with van der Waals surface area (Å²) in [4.78, 5) is 32.0. The Morgan fingerprint density at radius 3 is 2.40 bits per heavy atom. The number of hydrogen-bond donors (Lipinski definition) is 1. The van der Waals surface area contributed by atoms with E-state index in [0.717, 1.165) is 15.2 Å². The molecule has 1 aromatic heterocycles. The maximum atomic E-state index is 13.1. The van der Waals surface area contributed by atoms with Crippen molar-refractivity contribution >= 4 is 55.0 Å². The van der Waals surface area contributed by atoms with Crippen LogP contribution in [0.1, 0.15) is 25.7 Å². The van der Waals surface area contributed by atoms with E-state index in [-0.39, 0.29) is 11.8 Å². The highest BCUT2D eigenvalue weighted by molar-refractivity contribution is 9.10. The van der Waals surface area contributed by atoms with Crippen LogP contribution >= 0.6 is 27.3 Å². The highest BCUT2D eigenvalue weighted by Gasteiger charge is 2.19. The number of hydrogen-bond acceptors (Lipinski definition) is 4. The van der Waals surface area contributed by atoms with Crippen molar-refractivity contribution in [2.24, 2.45) is 0 Å². The van der Waals surface area contributed by atoms with Gasteiger partial charge in [0.25, 0.3) is 11.8 Å². The fraction of sp³-hybridized carbons (Fsp3) is 0.0870. The minimum Gasteiger partial charge on any atom is -0.335 e. The van der Waals surface area contributed by atoms with Crippen LogP contribution in [0.15, 0.2) is 77.3 Å². The van der Waals surface area contributed by atoms with Crippen LogP contribution in [-0.2, 0) is 6.54 Å². The first kappa shape index (κ1) is 20.3. The lowest BCUT2D eigenvalue weighted by atomic mass is 10.1. The molecule has 7 heteroatoms. The van der Waals surface area contributed by atoms with Gasteiger partial charge < -0.3 is 10.2 Å². The van der Waals surface area contributed by atoms with Gasteiger partial charge in [0.15, 0.2) is 0 Å². The van der Waals surface area contributed by atoms with Gasteiger partial charge in [-0.25, -0.2) is 4.98 Å². The number of thiazole rings is 1. The molecular weight excluding hydrogens is 462 g/mol. The maximum Gasteiger partial charge on any atom is 0.256 e. The normalized spacial score (nSPS) is 10.7. The van der Waals surface area contributed by atoms with Crippen LogP contribution in [0.3, 0.4) is 0 Å². The highest BCUT2D eigenvalue weighted by atomic mass is 79.9. The number of anilines is 1. The van der Waals surface area contributed by atoms with Gasteiger partial charge in [0.2, 0.25) is 0 Å². The third-order valence-corrected chi connectivity index (χ3v) is 6.29. The summed E-state index contributed by atoms with van der Waals surface area (Å²) in [5.74, 6) is -0.464. The zero-order valence-corrected chi connectivity index (χ0v) is 18.5. The molecule has 150 valence electrons. The SMILES string of the molecule is CN(Cc1nc2ccccc2s1)C(=O)c1ccccc1NC(=O)c1ccccc1Br. The summed E-state index contributed by atoms with van der Waals surface area (Å²) in [6.45, 7) is 0.394. The Labute approximate surface area is 186 Å². The second-order valence-corrected chi connectivity index (χ2v) is 8.69. The molecule has 0 fully saturated rings. The average molecular weight is 480 g/mol. The van der Waals surface area contributed by atoms with E-state index in [1.165, 1.54) is 0 Å². The number of carbonyl (C=O) groups excluding carboxylic acids is 2. The van der Waals surface area contributed by atoms with Crippen LogP contribution in [0.2, 0.25) is 0 Å². The van der Waals surface area contributed by atoms with Crippen molar-refractivity contribution in [3.8, 4) is 0 Å². The van der Waals surface area contributed by atoms with E-state index in [1.807, 2.05) is 30.3 Å². The quantitative estimate of drug-likeness (QED) is 0.406. The molecule has 0 atom stereocenters. The molecule has 30 heavy (non-hydrogen) atoms. The van der Waals surface area contributed by atoms with Gasteiger partial charge in [-0.2, -0.15) is 0 Å². The third-order valence-electron chi connectivity index (χ3n) is 4.58. The van der Waals surface area contributed by atoms with Gasteiger partial charge in [-0.1, -0.05) is 36.4 Å². The molecule has 0 spiro atoms. The van der Waals surface area contributed by atoms with Gasteiger partial charge in [0, 0.05) is 11.5 Å². The van der Waals surface area contributed by atoms with Crippen molar-refractivity contribution in [3.05, 3.63) is 93.4 Å². The monoisotopic (exact) mass is 479 g/mol. The molecule has 5 nitrogen and oxygen atoms in total. The Kier molecular flexibility index (Phi) is 5.92. The number of halogens is 1. The number of amides is 2. The van der Waals surface area contributed by atoms with Gasteiger partial charge in [-0.3, -0.25) is 9.59 Å². The molecule has 0 radical (unpaired) electrons. The van der Waals surface area contributed by atoms with Gasteiger partial charge in [0.05, 0.1) is 33.6 Å². The van der Waals surface area contributed by atoms with Crippen LogP contribution in [-0.4, -0.2) is 28.7 Å². The summed E-state index contributed by atoms with van der Waals surface area (Å²) in [5.41, 5.74) is 2.34. The van der Waals surface area contributed by atoms with Crippen molar-refractivity contribution < 1.29 is 9.59 Å². The van der Waals surface area contributed by atoms with Gasteiger partial charge in [-0.15, -0.1) is 11.3 Å². The molecule has 0 bridgehead atoms. The lowest BCUT2D eigenvalue weighted by molar-refractivity contribution is 0.0786. The Morgan fingerprint density at radius 1 is 0.967 bits per heavy atom. The number of para-hydroxylation sites is 2. The second-order valence-electron chi connectivity index (χ2n) is 6.72. The van der Waals surface area contributed by atoms with Crippen molar-refractivity contribution in [3.63, 3.8) is 0 Å². The predicted molar refractivity (Wildman–Crippen MR) is 124 cm³/mol. The van der Waals surface area contributed by atoms with Gasteiger partial charge in [0.1, 0.15) is 5.01 Å². The van der Waals surface area contributed by atoms with Crippen LogP contribution in [0.25, 0.3) is 10.2 Å². The largest absolute Gasteiger partial charge is 0.335 e. The molecule has 2 amide bonds. The summed E-state index contributed by atoms with van der Waals surface area (Å²) >= 11 is 4.96. The summed E-state index contributed by atoms with van der Waals surface area (Å²) in [6, 6.07) is 22.1. The Morgan fingerprint density at radius 2 is 1.63 bits per heavy atom. The molecule has 0 saturated carbocycles. The summed E-state index contributed by atoms with van der Waals surface area (Å²) < 4.78 is 1.79. The van der Waals surface area contributed by atoms with Crippen LogP contribution in [0, 0.1) is 0 Å². The summed E-state index contributed by atoms with van der Waals surface area (Å²) in [7, 11) is 1.74. The van der Waals surface area contributed by atoms with Crippen LogP contribution in [0.5, 0.6) is 0 Å². The maximum absolute atomic E-state index is 13.1. The molecular formula is C23H18BrN3O2S. The number of nitrogens with zero attached hydrogens (tertiary/aromatic N) is 2. The summed E-state index contributed by atoms with van der Waals surface area (Å²) in [5, 5.41) is 3.72. The number of aromatic nitrogens is 1. The first-order chi connectivity index (χ1) is 14.5. The second kappa shape index (κ2) is 8.77. The van der Waals surface area contributed by atoms with Crippen molar-refractivity contribution in [1.82, 2.24) is 9.88 Å². The first-order valence-electron chi connectivity index (χ1n) is 9.28. The molecule has 4 rings (SSSR count). The number of nitrogens with one attached hydrogen (secondary N) is 1. The zero-order chi connectivity index (χ0) is 21.1. The Balaban J connectivity index is 1.54. The van der Waals surface area contributed by atoms with Crippen LogP contribution < -0.4 is 5.32 Å². The standard InChI is InChI=1S/C23H18BrN3O2S/c1-27(14-21-25-19-12-6-7-13-20(19)30-21)23(29)16-9-3-5-11-18(16)26-22(28)15-8-2-4-10-17(15)24/h2-13H,14H2,1H3,(H,26,28). The molecule has 0 aliphatic rings. The minimum absolute atomic E-state index is 0.183.